The van der Waals surface area contributed by atoms with Gasteiger partial charge in [-0.1, -0.05) is 5.57 Å². The Labute approximate surface area is 60.6 Å². The molecule has 0 bridgehead atoms. The van der Waals surface area contributed by atoms with E-state index in [1.807, 2.05) is 13.8 Å². The van der Waals surface area contributed by atoms with Gasteiger partial charge in [-0.3, -0.25) is 0 Å². The summed E-state index contributed by atoms with van der Waals surface area (Å²) in [5, 5.41) is 0. The van der Waals surface area contributed by atoms with E-state index < -0.39 is 6.16 Å². The van der Waals surface area contributed by atoms with E-state index in [4.69, 9.17) is 0 Å². The molecule has 0 unspecified atom stereocenters. The lowest BCUT2D eigenvalue weighted by atomic mass is 10.3. The minimum Gasteiger partial charge on any atom is -0.438 e. The summed E-state index contributed by atoms with van der Waals surface area (Å²) in [6, 6.07) is 0. The maximum atomic E-state index is 10.3. The highest BCUT2D eigenvalue weighted by Crippen LogP contribution is 1.89. The maximum absolute atomic E-state index is 10.3. The third-order valence-electron chi connectivity index (χ3n) is 0.859. The van der Waals surface area contributed by atoms with Crippen LogP contribution < -0.4 is 0 Å². The predicted molar refractivity (Wildman–Crippen MR) is 37.8 cm³/mol. The molecule has 0 radical (unpaired) electrons. The van der Waals surface area contributed by atoms with Crippen molar-refractivity contribution >= 4 is 6.16 Å². The van der Waals surface area contributed by atoms with Crippen molar-refractivity contribution < 1.29 is 14.3 Å². The molecule has 0 aliphatic carbocycles. The van der Waals surface area contributed by atoms with Crippen LogP contribution in [0.25, 0.3) is 0 Å². The van der Waals surface area contributed by atoms with E-state index in [2.05, 4.69) is 9.47 Å². The van der Waals surface area contributed by atoms with Crippen LogP contribution in [0.4, 0.5) is 4.79 Å². The summed E-state index contributed by atoms with van der Waals surface area (Å²) in [4.78, 5) is 10.3. The summed E-state index contributed by atoms with van der Waals surface area (Å²) in [6.07, 6.45) is 1.16. The van der Waals surface area contributed by atoms with Gasteiger partial charge in [-0.2, -0.15) is 0 Å². The Balaban J connectivity index is 3.37. The zero-order chi connectivity index (χ0) is 7.98. The molecule has 0 aliphatic rings. The van der Waals surface area contributed by atoms with Crippen LogP contribution in [0.5, 0.6) is 0 Å². The highest BCUT2D eigenvalue weighted by atomic mass is 16.7. The molecule has 0 aliphatic heterocycles. The summed E-state index contributed by atoms with van der Waals surface area (Å²) in [5.41, 5.74) is 1.11. The molecule has 0 atom stereocenters. The Hall–Kier alpha value is -0.990. The number of methoxy groups -OCH3 is 1. The first-order valence-corrected chi connectivity index (χ1v) is 3.01. The fourth-order valence-electron chi connectivity index (χ4n) is 0.335. The molecule has 0 rings (SSSR count). The van der Waals surface area contributed by atoms with Gasteiger partial charge >= 0.3 is 6.16 Å². The second-order valence-electron chi connectivity index (χ2n) is 2.05. The predicted octanol–water partition coefficient (Wildman–Crippen LogP) is 1.74. The van der Waals surface area contributed by atoms with Crippen molar-refractivity contribution in [1.29, 1.82) is 0 Å². The SMILES string of the molecule is COC(=O)OCC=C(C)C. The van der Waals surface area contributed by atoms with Crippen molar-refractivity contribution in [2.75, 3.05) is 13.7 Å². The van der Waals surface area contributed by atoms with Crippen molar-refractivity contribution in [2.45, 2.75) is 13.8 Å². The van der Waals surface area contributed by atoms with Gasteiger partial charge in [-0.15, -0.1) is 0 Å². The third kappa shape index (κ3) is 5.15. The normalized spacial score (nSPS) is 8.30. The molecule has 0 fully saturated rings. The topological polar surface area (TPSA) is 35.5 Å². The maximum Gasteiger partial charge on any atom is 0.508 e. The summed E-state index contributed by atoms with van der Waals surface area (Å²) < 4.78 is 8.81. The van der Waals surface area contributed by atoms with Gasteiger partial charge in [0, 0.05) is 0 Å². The van der Waals surface area contributed by atoms with Crippen molar-refractivity contribution in [3.8, 4) is 0 Å². The van der Waals surface area contributed by atoms with Crippen molar-refractivity contribution in [3.05, 3.63) is 11.6 Å². The fraction of sp³-hybridized carbons (Fsp3) is 0.571. The van der Waals surface area contributed by atoms with Crippen LogP contribution in [0.1, 0.15) is 13.8 Å². The van der Waals surface area contributed by atoms with Crippen molar-refractivity contribution in [1.82, 2.24) is 0 Å². The van der Waals surface area contributed by atoms with Gasteiger partial charge in [0.2, 0.25) is 0 Å². The molecule has 10 heavy (non-hydrogen) atoms. The van der Waals surface area contributed by atoms with E-state index in [1.54, 1.807) is 6.08 Å². The molecule has 0 heterocycles. The van der Waals surface area contributed by atoms with Crippen LogP contribution in [0, 0.1) is 0 Å². The van der Waals surface area contributed by atoms with Gasteiger partial charge in [-0.05, 0) is 19.9 Å². The summed E-state index contributed by atoms with van der Waals surface area (Å²) in [7, 11) is 1.28. The molecule has 0 amide bonds. The molecule has 0 aromatic rings. The van der Waals surface area contributed by atoms with Crippen LogP contribution in [0.2, 0.25) is 0 Å². The summed E-state index contributed by atoms with van der Waals surface area (Å²) in [5.74, 6) is 0. The van der Waals surface area contributed by atoms with E-state index in [9.17, 15) is 4.79 Å². The van der Waals surface area contributed by atoms with Crippen LogP contribution >= 0.6 is 0 Å². The van der Waals surface area contributed by atoms with Gasteiger partial charge in [0.05, 0.1) is 7.11 Å². The number of hydrogen-bond acceptors (Lipinski definition) is 3. The lowest BCUT2D eigenvalue weighted by Crippen LogP contribution is -2.03. The van der Waals surface area contributed by atoms with Crippen molar-refractivity contribution in [3.63, 3.8) is 0 Å². The zero-order valence-electron chi connectivity index (χ0n) is 6.51. The Kier molecular flexibility index (Phi) is 4.37. The van der Waals surface area contributed by atoms with Crippen LogP contribution in [0.15, 0.2) is 11.6 Å². The zero-order valence-corrected chi connectivity index (χ0v) is 6.51. The molecule has 58 valence electrons. The van der Waals surface area contributed by atoms with Gasteiger partial charge < -0.3 is 9.47 Å². The lowest BCUT2D eigenvalue weighted by molar-refractivity contribution is 0.0817. The van der Waals surface area contributed by atoms with Gasteiger partial charge in [-0.25, -0.2) is 4.79 Å². The third-order valence-corrected chi connectivity index (χ3v) is 0.859. The standard InChI is InChI=1S/C7H12O3/c1-6(2)4-5-10-7(8)9-3/h4H,5H2,1-3H3. The van der Waals surface area contributed by atoms with Gasteiger partial charge in [0.1, 0.15) is 6.61 Å². The largest absolute Gasteiger partial charge is 0.508 e. The number of carbonyl (C=O) groups is 1. The number of ether oxygens (including phenoxy) is 2. The summed E-state index contributed by atoms with van der Waals surface area (Å²) >= 11 is 0. The average Bonchev–Trinajstić information content (AvgIpc) is 1.87. The van der Waals surface area contributed by atoms with Crippen LogP contribution in [-0.4, -0.2) is 19.9 Å². The quantitative estimate of drug-likeness (QED) is 0.437. The van der Waals surface area contributed by atoms with E-state index in [0.717, 1.165) is 5.57 Å². The molecule has 3 heteroatoms. The smallest absolute Gasteiger partial charge is 0.438 e. The Morgan fingerprint density at radius 2 is 2.10 bits per heavy atom. The first kappa shape index (κ1) is 9.01. The molecule has 0 N–H and O–H groups in total. The van der Waals surface area contributed by atoms with Crippen LogP contribution in [0.3, 0.4) is 0 Å². The highest BCUT2D eigenvalue weighted by Gasteiger charge is 1.95. The number of hydrogen-bond donors (Lipinski definition) is 0. The second-order valence-corrected chi connectivity index (χ2v) is 2.05. The molecular weight excluding hydrogens is 132 g/mol. The van der Waals surface area contributed by atoms with E-state index in [0.29, 0.717) is 0 Å². The average molecular weight is 144 g/mol. The van der Waals surface area contributed by atoms with Gasteiger partial charge in [0.25, 0.3) is 0 Å². The molecule has 0 aromatic carbocycles. The second kappa shape index (κ2) is 4.85. The first-order chi connectivity index (χ1) is 4.66. The molecule has 0 saturated heterocycles. The molecule has 0 aromatic heterocycles. The fourth-order valence-corrected chi connectivity index (χ4v) is 0.335. The van der Waals surface area contributed by atoms with Crippen LogP contribution in [-0.2, 0) is 9.47 Å². The van der Waals surface area contributed by atoms with E-state index in [-0.39, 0.29) is 6.61 Å². The molecule has 0 spiro atoms. The Morgan fingerprint density at radius 3 is 2.50 bits per heavy atom. The van der Waals surface area contributed by atoms with E-state index >= 15 is 0 Å². The monoisotopic (exact) mass is 144 g/mol. The number of allylic oxidation sites excluding steroid dienone is 1. The summed E-state index contributed by atoms with van der Waals surface area (Å²) in [6.45, 7) is 4.15. The first-order valence-electron chi connectivity index (χ1n) is 3.01. The molecular formula is C7H12O3. The number of carbonyl (C=O) groups excluding carboxylic acids is 1. The Morgan fingerprint density at radius 1 is 1.50 bits per heavy atom. The molecule has 3 nitrogen and oxygen atoms in total. The highest BCUT2D eigenvalue weighted by molar-refractivity contribution is 5.59. The van der Waals surface area contributed by atoms with Crippen molar-refractivity contribution in [2.24, 2.45) is 0 Å². The van der Waals surface area contributed by atoms with Gasteiger partial charge in [0.15, 0.2) is 0 Å². The minimum atomic E-state index is -0.641. The molecule has 0 saturated carbocycles. The minimum absolute atomic E-state index is 0.287. The number of rotatable bonds is 2. The lowest BCUT2D eigenvalue weighted by Gasteiger charge is -1.97. The van der Waals surface area contributed by atoms with E-state index in [1.165, 1.54) is 7.11 Å². The Bertz CT molecular complexity index is 134.